The topological polar surface area (TPSA) is 84.0 Å². The largest absolute Gasteiger partial charge is 0.456 e. The van der Waals surface area contributed by atoms with Crippen molar-refractivity contribution in [1.82, 2.24) is 19.5 Å². The minimum Gasteiger partial charge on any atom is -0.456 e. The van der Waals surface area contributed by atoms with E-state index >= 15 is 0 Å². The summed E-state index contributed by atoms with van der Waals surface area (Å²) in [7, 11) is 0. The average Bonchev–Trinajstić information content (AvgIpc) is 3.28. The predicted molar refractivity (Wildman–Crippen MR) is 103 cm³/mol. The summed E-state index contributed by atoms with van der Waals surface area (Å²) in [5.41, 5.74) is 0.662. The molecule has 9 heteroatoms. The maximum Gasteiger partial charge on any atom is 0.289 e. The molecule has 1 aliphatic rings. The van der Waals surface area contributed by atoms with Crippen LogP contribution in [0.3, 0.4) is 0 Å². The van der Waals surface area contributed by atoms with Gasteiger partial charge in [-0.25, -0.2) is 4.98 Å². The van der Waals surface area contributed by atoms with Crippen molar-refractivity contribution in [2.24, 2.45) is 0 Å². The van der Waals surface area contributed by atoms with Gasteiger partial charge in [0.05, 0.1) is 0 Å². The number of hydrogen-bond acceptors (Lipinski definition) is 7. The fourth-order valence-electron chi connectivity index (χ4n) is 3.16. The Morgan fingerprint density at radius 1 is 1.26 bits per heavy atom. The Balaban J connectivity index is 1.48. The van der Waals surface area contributed by atoms with Crippen LogP contribution in [-0.4, -0.2) is 51.6 Å². The van der Waals surface area contributed by atoms with Crippen molar-refractivity contribution in [2.75, 3.05) is 31.1 Å². The molecular formula is C18H21N5O3S. The van der Waals surface area contributed by atoms with Gasteiger partial charge < -0.3 is 14.2 Å². The van der Waals surface area contributed by atoms with Crippen LogP contribution in [0.4, 0.5) is 5.13 Å². The van der Waals surface area contributed by atoms with Crippen molar-refractivity contribution in [2.45, 2.75) is 26.7 Å². The number of aromatic nitrogens is 3. The highest BCUT2D eigenvalue weighted by molar-refractivity contribution is 7.20. The SMILES string of the molecule is CCCc1cc(=O)n2nc(N3CCN(C(=O)c4ccc(C)o4)CC3)sc2n1. The molecule has 0 radical (unpaired) electrons. The van der Waals surface area contributed by atoms with E-state index in [2.05, 4.69) is 21.9 Å². The second-order valence-electron chi connectivity index (χ2n) is 6.60. The van der Waals surface area contributed by atoms with Crippen LogP contribution < -0.4 is 10.5 Å². The third kappa shape index (κ3) is 3.46. The Morgan fingerprint density at radius 3 is 2.70 bits per heavy atom. The molecule has 0 saturated carbocycles. The van der Waals surface area contributed by atoms with Crippen molar-refractivity contribution in [3.63, 3.8) is 0 Å². The molecule has 0 spiro atoms. The molecule has 142 valence electrons. The molecule has 4 heterocycles. The molecule has 0 aliphatic carbocycles. The van der Waals surface area contributed by atoms with Gasteiger partial charge in [-0.3, -0.25) is 9.59 Å². The lowest BCUT2D eigenvalue weighted by Gasteiger charge is -2.33. The Hall–Kier alpha value is -2.68. The number of fused-ring (bicyclic) bond motifs is 1. The number of anilines is 1. The van der Waals surface area contributed by atoms with Crippen LogP contribution in [0.2, 0.25) is 0 Å². The zero-order valence-electron chi connectivity index (χ0n) is 15.3. The van der Waals surface area contributed by atoms with Crippen LogP contribution in [0.1, 0.15) is 35.4 Å². The lowest BCUT2D eigenvalue weighted by atomic mass is 10.2. The summed E-state index contributed by atoms with van der Waals surface area (Å²) < 4.78 is 6.80. The monoisotopic (exact) mass is 387 g/mol. The van der Waals surface area contributed by atoms with E-state index in [0.29, 0.717) is 36.9 Å². The highest BCUT2D eigenvalue weighted by Crippen LogP contribution is 2.23. The van der Waals surface area contributed by atoms with E-state index in [1.165, 1.54) is 15.9 Å². The Bertz CT molecular complexity index is 1030. The van der Waals surface area contributed by atoms with Gasteiger partial charge in [0.25, 0.3) is 11.5 Å². The van der Waals surface area contributed by atoms with Gasteiger partial charge in [0.2, 0.25) is 10.1 Å². The molecule has 0 atom stereocenters. The van der Waals surface area contributed by atoms with Crippen LogP contribution in [-0.2, 0) is 6.42 Å². The molecule has 0 bridgehead atoms. The van der Waals surface area contributed by atoms with E-state index in [4.69, 9.17) is 4.42 Å². The van der Waals surface area contributed by atoms with Gasteiger partial charge in [0, 0.05) is 37.9 Å². The lowest BCUT2D eigenvalue weighted by molar-refractivity contribution is 0.0713. The highest BCUT2D eigenvalue weighted by Gasteiger charge is 2.26. The summed E-state index contributed by atoms with van der Waals surface area (Å²) in [5.74, 6) is 1.01. The number of hydrogen-bond donors (Lipinski definition) is 0. The van der Waals surface area contributed by atoms with Crippen LogP contribution in [0, 0.1) is 6.92 Å². The first kappa shape index (κ1) is 17.7. The summed E-state index contributed by atoms with van der Waals surface area (Å²) in [4.78, 5) is 33.8. The molecule has 0 unspecified atom stereocenters. The van der Waals surface area contributed by atoms with Crippen molar-refractivity contribution in [3.8, 4) is 0 Å². The zero-order valence-corrected chi connectivity index (χ0v) is 16.2. The van der Waals surface area contributed by atoms with Gasteiger partial charge in [-0.15, -0.1) is 5.10 Å². The van der Waals surface area contributed by atoms with Crippen molar-refractivity contribution < 1.29 is 9.21 Å². The summed E-state index contributed by atoms with van der Waals surface area (Å²) >= 11 is 1.41. The number of rotatable bonds is 4. The van der Waals surface area contributed by atoms with Crippen LogP contribution >= 0.6 is 11.3 Å². The smallest absolute Gasteiger partial charge is 0.289 e. The zero-order chi connectivity index (χ0) is 19.0. The number of furan rings is 1. The third-order valence-electron chi connectivity index (χ3n) is 4.58. The van der Waals surface area contributed by atoms with Gasteiger partial charge in [0.1, 0.15) is 5.76 Å². The fraction of sp³-hybridized carbons (Fsp3) is 0.444. The van der Waals surface area contributed by atoms with E-state index in [1.807, 2.05) is 6.92 Å². The van der Waals surface area contributed by atoms with E-state index in [9.17, 15) is 9.59 Å². The summed E-state index contributed by atoms with van der Waals surface area (Å²) in [6.45, 7) is 6.36. The number of nitrogens with zero attached hydrogens (tertiary/aromatic N) is 5. The van der Waals surface area contributed by atoms with Crippen LogP contribution in [0.15, 0.2) is 27.4 Å². The molecule has 4 rings (SSSR count). The van der Waals surface area contributed by atoms with Crippen LogP contribution in [0.5, 0.6) is 0 Å². The second-order valence-corrected chi connectivity index (χ2v) is 7.54. The molecule has 27 heavy (non-hydrogen) atoms. The number of piperazine rings is 1. The Labute approximate surface area is 160 Å². The first-order valence-corrected chi connectivity index (χ1v) is 9.87. The Kier molecular flexibility index (Phi) is 4.69. The predicted octanol–water partition coefficient (Wildman–Crippen LogP) is 1.97. The van der Waals surface area contributed by atoms with E-state index < -0.39 is 0 Å². The number of carbonyl (C=O) groups is 1. The molecule has 0 aromatic carbocycles. The standard InChI is InChI=1S/C18H21N5O3S/c1-3-4-13-11-15(24)23-17(19-13)27-18(20-23)22-9-7-21(8-10-22)16(25)14-6-5-12(2)26-14/h5-6,11H,3-4,7-10H2,1-2H3. The highest BCUT2D eigenvalue weighted by atomic mass is 32.1. The van der Waals surface area contributed by atoms with Crippen LogP contribution in [0.25, 0.3) is 4.96 Å². The lowest BCUT2D eigenvalue weighted by Crippen LogP contribution is -2.48. The van der Waals surface area contributed by atoms with E-state index in [-0.39, 0.29) is 11.5 Å². The molecule has 3 aromatic rings. The minimum atomic E-state index is -0.145. The number of amides is 1. The van der Waals surface area contributed by atoms with Gasteiger partial charge in [0.15, 0.2) is 5.76 Å². The van der Waals surface area contributed by atoms with Gasteiger partial charge in [-0.1, -0.05) is 24.7 Å². The number of carbonyl (C=O) groups excluding carboxylic acids is 1. The average molecular weight is 387 g/mol. The molecule has 1 amide bonds. The van der Waals surface area contributed by atoms with Gasteiger partial charge in [-0.05, 0) is 25.5 Å². The second kappa shape index (κ2) is 7.15. The maximum absolute atomic E-state index is 12.5. The molecule has 1 aliphatic heterocycles. The number of aryl methyl sites for hydroxylation is 2. The first-order valence-electron chi connectivity index (χ1n) is 9.05. The quantitative estimate of drug-likeness (QED) is 0.681. The summed E-state index contributed by atoms with van der Waals surface area (Å²) in [5, 5.41) is 5.19. The molecule has 1 saturated heterocycles. The molecule has 3 aromatic heterocycles. The summed E-state index contributed by atoms with van der Waals surface area (Å²) in [6.07, 6.45) is 1.73. The minimum absolute atomic E-state index is 0.0888. The van der Waals surface area contributed by atoms with Gasteiger partial charge >= 0.3 is 0 Å². The van der Waals surface area contributed by atoms with E-state index in [1.54, 1.807) is 23.1 Å². The van der Waals surface area contributed by atoms with Crippen molar-refractivity contribution in [3.05, 3.63) is 45.8 Å². The maximum atomic E-state index is 12.5. The Morgan fingerprint density at radius 2 is 2.04 bits per heavy atom. The van der Waals surface area contributed by atoms with Crippen molar-refractivity contribution >= 4 is 27.3 Å². The van der Waals surface area contributed by atoms with Crippen molar-refractivity contribution in [1.29, 1.82) is 0 Å². The molecular weight excluding hydrogens is 366 g/mol. The first-order chi connectivity index (χ1) is 13.0. The normalized spacial score (nSPS) is 14.9. The fourth-order valence-corrected chi connectivity index (χ4v) is 4.14. The summed E-state index contributed by atoms with van der Waals surface area (Å²) in [6, 6.07) is 5.06. The van der Waals surface area contributed by atoms with E-state index in [0.717, 1.165) is 29.4 Å². The third-order valence-corrected chi connectivity index (χ3v) is 5.55. The molecule has 1 fully saturated rings. The molecule has 8 nitrogen and oxygen atoms in total. The molecule has 0 N–H and O–H groups in total. The van der Waals surface area contributed by atoms with Gasteiger partial charge in [-0.2, -0.15) is 4.52 Å².